The summed E-state index contributed by atoms with van der Waals surface area (Å²) in [6.45, 7) is 1.81. The van der Waals surface area contributed by atoms with Gasteiger partial charge < -0.3 is 10.2 Å². The molecule has 0 radical (unpaired) electrons. The van der Waals surface area contributed by atoms with Gasteiger partial charge in [0.1, 0.15) is 5.75 Å². The molecule has 0 aliphatic carbocycles. The Labute approximate surface area is 208 Å². The van der Waals surface area contributed by atoms with Crippen molar-refractivity contribution in [1.29, 1.82) is 0 Å². The second-order valence-corrected chi connectivity index (χ2v) is 9.67. The van der Waals surface area contributed by atoms with Crippen LogP contribution in [0.5, 0.6) is 5.75 Å². The zero-order chi connectivity index (χ0) is 24.4. The number of aromatic hydroxyl groups is 1. The molecule has 172 valence electrons. The van der Waals surface area contributed by atoms with E-state index in [9.17, 15) is 10.2 Å². The molecular formula is C34H24O2. The maximum atomic E-state index is 9.95. The van der Waals surface area contributed by atoms with Crippen LogP contribution in [0.4, 0.5) is 0 Å². The second kappa shape index (κ2) is 7.81. The van der Waals surface area contributed by atoms with Crippen LogP contribution in [0.3, 0.4) is 0 Å². The third-order valence-electron chi connectivity index (χ3n) is 7.47. The van der Waals surface area contributed by atoms with Crippen LogP contribution in [-0.4, -0.2) is 10.2 Å². The van der Waals surface area contributed by atoms with Crippen LogP contribution >= 0.6 is 0 Å². The lowest BCUT2D eigenvalue weighted by Gasteiger charge is -2.13. The van der Waals surface area contributed by atoms with Gasteiger partial charge in [-0.3, -0.25) is 0 Å². The molecule has 36 heavy (non-hydrogen) atoms. The Balaban J connectivity index is 0.000000123. The number of phenols is 1. The predicted molar refractivity (Wildman–Crippen MR) is 153 cm³/mol. The molecule has 0 spiro atoms. The fourth-order valence-corrected chi connectivity index (χ4v) is 5.74. The molecule has 2 N–H and O–H groups in total. The lowest BCUT2D eigenvalue weighted by atomic mass is 9.92. The Bertz CT molecular complexity index is 1950. The standard InChI is InChI=1S/C18H14O.C16H10O/c1-11(19)16-9-14-7-5-12-3-2-4-13-6-8-15(10-16)18(14)17(12)13;17-14-9-7-12-5-4-10-2-1-3-11-6-8-13(14)16(12)15(10)11/h2-11,19H,1H3;1-9,17H. The first-order valence-corrected chi connectivity index (χ1v) is 12.3. The number of aliphatic hydroxyl groups excluding tert-OH is 1. The zero-order valence-corrected chi connectivity index (χ0v) is 19.9. The third-order valence-corrected chi connectivity index (χ3v) is 7.47. The van der Waals surface area contributed by atoms with E-state index in [0.29, 0.717) is 5.75 Å². The average molecular weight is 465 g/mol. The summed E-state index contributed by atoms with van der Waals surface area (Å²) in [4.78, 5) is 0. The van der Waals surface area contributed by atoms with Gasteiger partial charge in [-0.15, -0.1) is 0 Å². The van der Waals surface area contributed by atoms with Crippen LogP contribution in [0.25, 0.3) is 64.6 Å². The molecule has 2 heteroatoms. The normalized spacial score (nSPS) is 12.7. The Morgan fingerprint density at radius 2 is 0.861 bits per heavy atom. The van der Waals surface area contributed by atoms with E-state index in [2.05, 4.69) is 91.0 Å². The van der Waals surface area contributed by atoms with E-state index in [4.69, 9.17) is 0 Å². The molecule has 0 amide bonds. The fraction of sp³-hybridized carbons (Fsp3) is 0.0588. The van der Waals surface area contributed by atoms with E-state index in [1.54, 1.807) is 6.07 Å². The maximum absolute atomic E-state index is 9.95. The van der Waals surface area contributed by atoms with Crippen LogP contribution in [0.1, 0.15) is 18.6 Å². The predicted octanol–water partition coefficient (Wildman–Crippen LogP) is 8.93. The molecule has 0 bridgehead atoms. The minimum absolute atomic E-state index is 0.357. The van der Waals surface area contributed by atoms with Crippen molar-refractivity contribution in [3.8, 4) is 5.75 Å². The van der Waals surface area contributed by atoms with Crippen LogP contribution < -0.4 is 0 Å². The first-order valence-electron chi connectivity index (χ1n) is 12.3. The van der Waals surface area contributed by atoms with E-state index in [1.807, 2.05) is 19.1 Å². The highest BCUT2D eigenvalue weighted by molar-refractivity contribution is 6.24. The molecule has 8 rings (SSSR count). The Morgan fingerprint density at radius 3 is 1.39 bits per heavy atom. The number of phenolic OH excluding ortho intramolecular Hbond substituents is 1. The molecule has 0 fully saturated rings. The van der Waals surface area contributed by atoms with Crippen molar-refractivity contribution in [2.24, 2.45) is 0 Å². The highest BCUT2D eigenvalue weighted by Crippen LogP contribution is 2.38. The van der Waals surface area contributed by atoms with Gasteiger partial charge in [-0.2, -0.15) is 0 Å². The SMILES string of the molecule is CC(O)c1cc2ccc3cccc4ccc(c1)c2c34.Oc1ccc2ccc3cccc4ccc1c2c34. The molecule has 0 heterocycles. The van der Waals surface area contributed by atoms with Crippen LogP contribution in [0, 0.1) is 0 Å². The first kappa shape index (κ1) is 20.9. The van der Waals surface area contributed by atoms with Crippen molar-refractivity contribution >= 4 is 64.6 Å². The van der Waals surface area contributed by atoms with Gasteiger partial charge >= 0.3 is 0 Å². The molecule has 1 unspecified atom stereocenters. The quantitative estimate of drug-likeness (QED) is 0.238. The zero-order valence-electron chi connectivity index (χ0n) is 19.9. The number of hydrogen-bond acceptors (Lipinski definition) is 2. The van der Waals surface area contributed by atoms with Crippen LogP contribution in [-0.2, 0) is 0 Å². The van der Waals surface area contributed by atoms with Crippen LogP contribution in [0.15, 0.2) is 109 Å². The average Bonchev–Trinajstić information content (AvgIpc) is 2.91. The van der Waals surface area contributed by atoms with Gasteiger partial charge in [-0.05, 0) is 84.5 Å². The molecule has 0 aliphatic rings. The second-order valence-electron chi connectivity index (χ2n) is 9.67. The summed E-state index contributed by atoms with van der Waals surface area (Å²) in [6.07, 6.45) is -0.429. The molecular weight excluding hydrogens is 440 g/mol. The lowest BCUT2D eigenvalue weighted by molar-refractivity contribution is 0.199. The topological polar surface area (TPSA) is 40.5 Å². The molecule has 8 aromatic rings. The smallest absolute Gasteiger partial charge is 0.123 e. The Hall–Kier alpha value is -4.40. The van der Waals surface area contributed by atoms with Gasteiger partial charge in [0.15, 0.2) is 0 Å². The van der Waals surface area contributed by atoms with Gasteiger partial charge in [-0.25, -0.2) is 0 Å². The molecule has 0 saturated carbocycles. The Kier molecular flexibility index (Phi) is 4.54. The van der Waals surface area contributed by atoms with E-state index in [1.165, 1.54) is 59.2 Å². The maximum Gasteiger partial charge on any atom is 0.123 e. The highest BCUT2D eigenvalue weighted by atomic mass is 16.3. The molecule has 8 aromatic carbocycles. The molecule has 2 nitrogen and oxygen atoms in total. The van der Waals surface area contributed by atoms with Crippen LogP contribution in [0.2, 0.25) is 0 Å². The highest BCUT2D eigenvalue weighted by Gasteiger charge is 2.11. The van der Waals surface area contributed by atoms with Gasteiger partial charge in [0.25, 0.3) is 0 Å². The van der Waals surface area contributed by atoms with E-state index >= 15 is 0 Å². The van der Waals surface area contributed by atoms with Gasteiger partial charge in [0, 0.05) is 10.8 Å². The first-order chi connectivity index (χ1) is 17.6. The summed E-state index contributed by atoms with van der Waals surface area (Å²) in [7, 11) is 0. The van der Waals surface area contributed by atoms with Gasteiger partial charge in [0.2, 0.25) is 0 Å². The van der Waals surface area contributed by atoms with Crippen molar-refractivity contribution in [3.05, 3.63) is 115 Å². The van der Waals surface area contributed by atoms with E-state index in [-0.39, 0.29) is 0 Å². The van der Waals surface area contributed by atoms with Crippen molar-refractivity contribution in [1.82, 2.24) is 0 Å². The van der Waals surface area contributed by atoms with Crippen molar-refractivity contribution in [3.63, 3.8) is 0 Å². The minimum atomic E-state index is -0.429. The molecule has 0 aliphatic heterocycles. The minimum Gasteiger partial charge on any atom is -0.507 e. The summed E-state index contributed by atoms with van der Waals surface area (Å²) in [5, 5.41) is 34.3. The van der Waals surface area contributed by atoms with E-state index in [0.717, 1.165) is 10.9 Å². The summed E-state index contributed by atoms with van der Waals surface area (Å²) < 4.78 is 0. The van der Waals surface area contributed by atoms with Crippen molar-refractivity contribution in [2.45, 2.75) is 13.0 Å². The molecule has 1 atom stereocenters. The van der Waals surface area contributed by atoms with Crippen molar-refractivity contribution in [2.75, 3.05) is 0 Å². The Morgan fingerprint density at radius 1 is 0.472 bits per heavy atom. The number of hydrogen-bond donors (Lipinski definition) is 2. The number of rotatable bonds is 1. The summed E-state index contributed by atoms with van der Waals surface area (Å²) in [5.41, 5.74) is 0.978. The number of benzene rings is 8. The lowest BCUT2D eigenvalue weighted by Crippen LogP contribution is -1.92. The summed E-state index contributed by atoms with van der Waals surface area (Å²) >= 11 is 0. The van der Waals surface area contributed by atoms with Gasteiger partial charge in [-0.1, -0.05) is 91.0 Å². The third kappa shape index (κ3) is 3.08. The number of aliphatic hydroxyl groups is 1. The summed E-state index contributed by atoms with van der Waals surface area (Å²) in [6, 6.07) is 37.6. The molecule has 0 aromatic heterocycles. The van der Waals surface area contributed by atoms with Gasteiger partial charge in [0.05, 0.1) is 6.10 Å². The monoisotopic (exact) mass is 464 g/mol. The van der Waals surface area contributed by atoms with E-state index < -0.39 is 6.10 Å². The fourth-order valence-electron chi connectivity index (χ4n) is 5.74. The van der Waals surface area contributed by atoms with Crippen molar-refractivity contribution < 1.29 is 10.2 Å². The largest absolute Gasteiger partial charge is 0.507 e. The molecule has 0 saturated heterocycles. The summed E-state index contributed by atoms with van der Waals surface area (Å²) in [5.74, 6) is 0.357.